The van der Waals surface area contributed by atoms with Crippen LogP contribution >= 0.6 is 0 Å². The monoisotopic (exact) mass is 179 g/mol. The number of hydrogen-bond donors (Lipinski definition) is 2. The highest BCUT2D eigenvalue weighted by Crippen LogP contribution is 2.32. The van der Waals surface area contributed by atoms with Crippen LogP contribution in [0.15, 0.2) is 0 Å². The van der Waals surface area contributed by atoms with Gasteiger partial charge in [-0.25, -0.2) is 0 Å². The van der Waals surface area contributed by atoms with E-state index in [1.165, 1.54) is 23.5 Å². The summed E-state index contributed by atoms with van der Waals surface area (Å²) >= 11 is 0. The minimum atomic E-state index is 0.133. The summed E-state index contributed by atoms with van der Waals surface area (Å²) in [5.41, 5.74) is 3.83. The molecule has 0 aromatic carbocycles. The van der Waals surface area contributed by atoms with Crippen LogP contribution in [0.25, 0.3) is 0 Å². The zero-order valence-electron chi connectivity index (χ0n) is 8.57. The average molecular weight is 179 g/mol. The highest BCUT2D eigenvalue weighted by Gasteiger charge is 2.25. The SMILES string of the molecule is CC(C)(C)c1n[nH]c2c1NCCC2. The Labute approximate surface area is 78.9 Å². The molecule has 2 rings (SSSR count). The van der Waals surface area contributed by atoms with Gasteiger partial charge in [0, 0.05) is 12.0 Å². The van der Waals surface area contributed by atoms with E-state index < -0.39 is 0 Å². The molecule has 0 saturated heterocycles. The Morgan fingerprint density at radius 3 is 2.77 bits per heavy atom. The fourth-order valence-corrected chi connectivity index (χ4v) is 1.77. The molecule has 0 aliphatic carbocycles. The van der Waals surface area contributed by atoms with Gasteiger partial charge in [0.25, 0.3) is 0 Å². The van der Waals surface area contributed by atoms with Crippen molar-refractivity contribution >= 4 is 5.69 Å². The quantitative estimate of drug-likeness (QED) is 0.640. The Morgan fingerprint density at radius 1 is 1.31 bits per heavy atom. The lowest BCUT2D eigenvalue weighted by atomic mass is 9.90. The molecule has 1 aromatic heterocycles. The zero-order valence-corrected chi connectivity index (χ0v) is 8.57. The zero-order chi connectivity index (χ0) is 9.47. The molecule has 3 nitrogen and oxygen atoms in total. The molecule has 13 heavy (non-hydrogen) atoms. The fraction of sp³-hybridized carbons (Fsp3) is 0.700. The van der Waals surface area contributed by atoms with E-state index in [0.717, 1.165) is 13.0 Å². The highest BCUT2D eigenvalue weighted by molar-refractivity contribution is 5.56. The first-order valence-electron chi connectivity index (χ1n) is 4.90. The molecule has 2 heterocycles. The first-order valence-corrected chi connectivity index (χ1v) is 4.90. The maximum Gasteiger partial charge on any atom is 0.0909 e. The predicted molar refractivity (Wildman–Crippen MR) is 54.1 cm³/mol. The van der Waals surface area contributed by atoms with Gasteiger partial charge >= 0.3 is 0 Å². The number of aromatic nitrogens is 2. The van der Waals surface area contributed by atoms with Gasteiger partial charge in [-0.1, -0.05) is 20.8 Å². The first-order chi connectivity index (χ1) is 6.09. The lowest BCUT2D eigenvalue weighted by Gasteiger charge is -2.20. The van der Waals surface area contributed by atoms with E-state index in [1.54, 1.807) is 0 Å². The summed E-state index contributed by atoms with van der Waals surface area (Å²) in [6.45, 7) is 7.66. The predicted octanol–water partition coefficient (Wildman–Crippen LogP) is 2.07. The lowest BCUT2D eigenvalue weighted by molar-refractivity contribution is 0.568. The summed E-state index contributed by atoms with van der Waals surface area (Å²) in [5.74, 6) is 0. The average Bonchev–Trinajstić information content (AvgIpc) is 2.45. The standard InChI is InChI=1S/C10H17N3/c1-10(2,3)9-8-7(12-13-9)5-4-6-11-8/h11H,4-6H2,1-3H3,(H,12,13). The summed E-state index contributed by atoms with van der Waals surface area (Å²) in [4.78, 5) is 0. The Hall–Kier alpha value is -0.990. The Kier molecular flexibility index (Phi) is 1.82. The maximum absolute atomic E-state index is 4.38. The molecule has 1 aromatic rings. The number of anilines is 1. The van der Waals surface area contributed by atoms with Crippen LogP contribution in [-0.4, -0.2) is 16.7 Å². The summed E-state index contributed by atoms with van der Waals surface area (Å²) in [7, 11) is 0. The van der Waals surface area contributed by atoms with E-state index in [2.05, 4.69) is 36.3 Å². The minimum absolute atomic E-state index is 0.133. The van der Waals surface area contributed by atoms with Crippen LogP contribution in [0.4, 0.5) is 5.69 Å². The Bertz CT molecular complexity index is 306. The number of nitrogens with zero attached hydrogens (tertiary/aromatic N) is 1. The summed E-state index contributed by atoms with van der Waals surface area (Å²) in [6, 6.07) is 0. The van der Waals surface area contributed by atoms with E-state index in [-0.39, 0.29) is 5.41 Å². The number of rotatable bonds is 0. The van der Waals surface area contributed by atoms with Crippen molar-refractivity contribution in [1.29, 1.82) is 0 Å². The number of hydrogen-bond acceptors (Lipinski definition) is 2. The van der Waals surface area contributed by atoms with Gasteiger partial charge in [-0.05, 0) is 12.8 Å². The highest BCUT2D eigenvalue weighted by atomic mass is 15.2. The number of nitrogens with one attached hydrogen (secondary N) is 2. The van der Waals surface area contributed by atoms with E-state index >= 15 is 0 Å². The van der Waals surface area contributed by atoms with Gasteiger partial charge in [0.1, 0.15) is 0 Å². The van der Waals surface area contributed by atoms with Gasteiger partial charge in [-0.15, -0.1) is 0 Å². The van der Waals surface area contributed by atoms with Gasteiger partial charge in [0.15, 0.2) is 0 Å². The van der Waals surface area contributed by atoms with Gasteiger partial charge in [-0.3, -0.25) is 5.10 Å². The molecule has 0 fully saturated rings. The van der Waals surface area contributed by atoms with Crippen molar-refractivity contribution in [1.82, 2.24) is 10.2 Å². The van der Waals surface area contributed by atoms with Crippen LogP contribution in [0.5, 0.6) is 0 Å². The molecule has 0 amide bonds. The van der Waals surface area contributed by atoms with Crippen LogP contribution in [0.1, 0.15) is 38.6 Å². The van der Waals surface area contributed by atoms with E-state index in [4.69, 9.17) is 0 Å². The van der Waals surface area contributed by atoms with Crippen molar-refractivity contribution in [3.63, 3.8) is 0 Å². The van der Waals surface area contributed by atoms with Crippen molar-refractivity contribution in [2.75, 3.05) is 11.9 Å². The van der Waals surface area contributed by atoms with Gasteiger partial charge < -0.3 is 5.32 Å². The van der Waals surface area contributed by atoms with Gasteiger partial charge in [0.2, 0.25) is 0 Å². The largest absolute Gasteiger partial charge is 0.382 e. The van der Waals surface area contributed by atoms with Crippen molar-refractivity contribution in [2.24, 2.45) is 0 Å². The van der Waals surface area contributed by atoms with Crippen LogP contribution in [0.3, 0.4) is 0 Å². The van der Waals surface area contributed by atoms with Crippen LogP contribution in [0.2, 0.25) is 0 Å². The first kappa shape index (κ1) is 8.60. The van der Waals surface area contributed by atoms with Crippen molar-refractivity contribution in [3.05, 3.63) is 11.4 Å². The topological polar surface area (TPSA) is 40.7 Å². The van der Waals surface area contributed by atoms with Crippen molar-refractivity contribution in [2.45, 2.75) is 39.0 Å². The second-order valence-electron chi connectivity index (χ2n) is 4.71. The van der Waals surface area contributed by atoms with Crippen LogP contribution in [-0.2, 0) is 11.8 Å². The summed E-state index contributed by atoms with van der Waals surface area (Å²) < 4.78 is 0. The van der Waals surface area contributed by atoms with E-state index in [1.807, 2.05) is 0 Å². The normalized spacial score (nSPS) is 16.5. The molecule has 2 N–H and O–H groups in total. The molecular formula is C10H17N3. The summed E-state index contributed by atoms with van der Waals surface area (Å²) in [6.07, 6.45) is 2.34. The number of aryl methyl sites for hydroxylation is 1. The molecule has 72 valence electrons. The van der Waals surface area contributed by atoms with Crippen LogP contribution in [0, 0.1) is 0 Å². The third kappa shape index (κ3) is 1.43. The molecule has 0 spiro atoms. The van der Waals surface area contributed by atoms with Crippen LogP contribution < -0.4 is 5.32 Å². The fourth-order valence-electron chi connectivity index (χ4n) is 1.77. The molecule has 0 atom stereocenters. The number of aromatic amines is 1. The molecule has 1 aliphatic rings. The second-order valence-corrected chi connectivity index (χ2v) is 4.71. The molecule has 0 unspecified atom stereocenters. The Morgan fingerprint density at radius 2 is 2.08 bits per heavy atom. The van der Waals surface area contributed by atoms with Crippen molar-refractivity contribution < 1.29 is 0 Å². The lowest BCUT2D eigenvalue weighted by Crippen LogP contribution is -2.17. The van der Waals surface area contributed by atoms with E-state index in [9.17, 15) is 0 Å². The van der Waals surface area contributed by atoms with Crippen molar-refractivity contribution in [3.8, 4) is 0 Å². The minimum Gasteiger partial charge on any atom is -0.382 e. The summed E-state index contributed by atoms with van der Waals surface area (Å²) in [5, 5.41) is 10.9. The van der Waals surface area contributed by atoms with Gasteiger partial charge in [0.05, 0.1) is 17.1 Å². The molecule has 1 aliphatic heterocycles. The van der Waals surface area contributed by atoms with E-state index in [0.29, 0.717) is 0 Å². The number of H-pyrrole nitrogens is 1. The second kappa shape index (κ2) is 2.76. The third-order valence-electron chi connectivity index (χ3n) is 2.46. The number of fused-ring (bicyclic) bond motifs is 1. The Balaban J connectivity index is 2.43. The van der Waals surface area contributed by atoms with Gasteiger partial charge in [-0.2, -0.15) is 5.10 Å². The molecular weight excluding hydrogens is 162 g/mol. The molecule has 3 heteroatoms. The molecule has 0 radical (unpaired) electrons. The third-order valence-corrected chi connectivity index (χ3v) is 2.46. The maximum atomic E-state index is 4.38. The molecule has 0 saturated carbocycles. The molecule has 0 bridgehead atoms. The smallest absolute Gasteiger partial charge is 0.0909 e.